The van der Waals surface area contributed by atoms with Crippen LogP contribution in [0.15, 0.2) is 35.1 Å². The number of pyridine rings is 1. The summed E-state index contributed by atoms with van der Waals surface area (Å²) >= 11 is 0. The first-order chi connectivity index (χ1) is 12.2. The summed E-state index contributed by atoms with van der Waals surface area (Å²) in [5.74, 6) is 1.19. The van der Waals surface area contributed by atoms with Crippen LogP contribution in [0.4, 0.5) is 5.69 Å². The number of aryl methyl sites for hydroxylation is 1. The van der Waals surface area contributed by atoms with Gasteiger partial charge in [0.2, 0.25) is 0 Å². The monoisotopic (exact) mass is 342 g/mol. The number of nitrogens with zero attached hydrogens (tertiary/aromatic N) is 3. The maximum Gasteiger partial charge on any atom is 0.253 e. The van der Waals surface area contributed by atoms with Gasteiger partial charge in [0.25, 0.3) is 5.91 Å². The molecule has 3 atom stereocenters. The molecule has 2 aliphatic heterocycles. The molecule has 0 aromatic carbocycles. The SMILES string of the molecule is Cc1cc(CN2CC[C@@H]3C[C@H](C(=O)Nc4cccnc4)O[C@H]3C2)no1. The lowest BCUT2D eigenvalue weighted by Gasteiger charge is -2.33. The number of likely N-dealkylation sites (tertiary alicyclic amines) is 1. The van der Waals surface area contributed by atoms with E-state index in [1.807, 2.05) is 19.1 Å². The predicted molar refractivity (Wildman–Crippen MR) is 90.8 cm³/mol. The van der Waals surface area contributed by atoms with E-state index in [1.54, 1.807) is 18.5 Å². The summed E-state index contributed by atoms with van der Waals surface area (Å²) in [7, 11) is 0. The largest absolute Gasteiger partial charge is 0.364 e. The van der Waals surface area contributed by atoms with Crippen LogP contribution in [-0.4, -0.2) is 46.2 Å². The van der Waals surface area contributed by atoms with Crippen molar-refractivity contribution in [3.63, 3.8) is 0 Å². The topological polar surface area (TPSA) is 80.5 Å². The zero-order valence-electron chi connectivity index (χ0n) is 14.2. The van der Waals surface area contributed by atoms with Crippen molar-refractivity contribution in [2.24, 2.45) is 5.92 Å². The van der Waals surface area contributed by atoms with E-state index in [-0.39, 0.29) is 18.1 Å². The Morgan fingerprint density at radius 3 is 3.16 bits per heavy atom. The van der Waals surface area contributed by atoms with Gasteiger partial charge in [0, 0.05) is 25.4 Å². The van der Waals surface area contributed by atoms with Crippen LogP contribution in [0.5, 0.6) is 0 Å². The molecule has 0 radical (unpaired) electrons. The van der Waals surface area contributed by atoms with Gasteiger partial charge in [-0.25, -0.2) is 0 Å². The standard InChI is InChI=1S/C18H22N4O3/c1-12-7-15(21-25-12)10-22-6-4-13-8-16(24-17(13)11-22)18(23)20-14-3-2-5-19-9-14/h2-3,5,7,9,13,16-17H,4,6,8,10-11H2,1H3,(H,20,23)/t13-,16-,17+/m1/s1. The van der Waals surface area contributed by atoms with Crippen molar-refractivity contribution >= 4 is 11.6 Å². The number of piperidine rings is 1. The van der Waals surface area contributed by atoms with Crippen LogP contribution < -0.4 is 5.32 Å². The lowest BCUT2D eigenvalue weighted by molar-refractivity contribution is -0.127. The maximum absolute atomic E-state index is 12.4. The van der Waals surface area contributed by atoms with E-state index in [2.05, 4.69) is 20.4 Å². The Hall–Kier alpha value is -2.25. The maximum atomic E-state index is 12.4. The van der Waals surface area contributed by atoms with Gasteiger partial charge < -0.3 is 14.6 Å². The van der Waals surface area contributed by atoms with E-state index >= 15 is 0 Å². The number of ether oxygens (including phenoxy) is 1. The highest BCUT2D eigenvalue weighted by Gasteiger charge is 2.41. The van der Waals surface area contributed by atoms with Crippen LogP contribution in [0.2, 0.25) is 0 Å². The summed E-state index contributed by atoms with van der Waals surface area (Å²) in [5.41, 5.74) is 1.65. The second-order valence-corrected chi connectivity index (χ2v) is 6.84. The second-order valence-electron chi connectivity index (χ2n) is 6.84. The van der Waals surface area contributed by atoms with Crippen LogP contribution in [0, 0.1) is 12.8 Å². The molecule has 0 aliphatic carbocycles. The van der Waals surface area contributed by atoms with E-state index in [0.29, 0.717) is 11.6 Å². The van der Waals surface area contributed by atoms with E-state index in [0.717, 1.165) is 43.9 Å². The van der Waals surface area contributed by atoms with E-state index in [4.69, 9.17) is 9.26 Å². The zero-order valence-corrected chi connectivity index (χ0v) is 14.2. The van der Waals surface area contributed by atoms with Crippen molar-refractivity contribution in [2.45, 2.75) is 38.5 Å². The Balaban J connectivity index is 1.33. The lowest BCUT2D eigenvalue weighted by atomic mass is 9.91. The minimum absolute atomic E-state index is 0.0823. The summed E-state index contributed by atoms with van der Waals surface area (Å²) in [5, 5.41) is 6.94. The van der Waals surface area contributed by atoms with Gasteiger partial charge in [-0.2, -0.15) is 0 Å². The van der Waals surface area contributed by atoms with E-state index in [1.165, 1.54) is 0 Å². The molecule has 4 heterocycles. The van der Waals surface area contributed by atoms with Crippen LogP contribution in [0.1, 0.15) is 24.3 Å². The third-order valence-electron chi connectivity index (χ3n) is 4.92. The summed E-state index contributed by atoms with van der Waals surface area (Å²) in [4.78, 5) is 18.8. The van der Waals surface area contributed by atoms with Crippen molar-refractivity contribution in [3.05, 3.63) is 42.0 Å². The van der Waals surface area contributed by atoms with Gasteiger partial charge in [-0.1, -0.05) is 5.16 Å². The molecule has 0 saturated carbocycles. The quantitative estimate of drug-likeness (QED) is 0.915. The number of anilines is 1. The van der Waals surface area contributed by atoms with Gasteiger partial charge in [-0.05, 0) is 44.4 Å². The fourth-order valence-electron chi connectivity index (χ4n) is 3.69. The first-order valence-electron chi connectivity index (χ1n) is 8.68. The number of amides is 1. The molecule has 25 heavy (non-hydrogen) atoms. The Kier molecular flexibility index (Phi) is 4.50. The minimum Gasteiger partial charge on any atom is -0.364 e. The highest BCUT2D eigenvalue weighted by molar-refractivity contribution is 5.94. The van der Waals surface area contributed by atoms with Crippen LogP contribution >= 0.6 is 0 Å². The van der Waals surface area contributed by atoms with Crippen molar-refractivity contribution in [1.82, 2.24) is 15.0 Å². The fourth-order valence-corrected chi connectivity index (χ4v) is 3.69. The Bertz CT molecular complexity index is 733. The molecule has 2 saturated heterocycles. The molecule has 0 spiro atoms. The number of carbonyl (C=O) groups excluding carboxylic acids is 1. The second kappa shape index (κ2) is 6.93. The normalized spacial score (nSPS) is 26.4. The van der Waals surface area contributed by atoms with Crippen molar-refractivity contribution in [3.8, 4) is 0 Å². The first kappa shape index (κ1) is 16.2. The van der Waals surface area contributed by atoms with Crippen molar-refractivity contribution in [1.29, 1.82) is 0 Å². The summed E-state index contributed by atoms with van der Waals surface area (Å²) < 4.78 is 11.2. The molecule has 7 heteroatoms. The molecular formula is C18H22N4O3. The molecule has 0 bridgehead atoms. The van der Waals surface area contributed by atoms with Crippen molar-refractivity contribution in [2.75, 3.05) is 18.4 Å². The number of fused-ring (bicyclic) bond motifs is 1. The van der Waals surface area contributed by atoms with Gasteiger partial charge in [0.05, 0.1) is 23.7 Å². The predicted octanol–water partition coefficient (Wildman–Crippen LogP) is 2.00. The Morgan fingerprint density at radius 2 is 2.40 bits per heavy atom. The molecule has 7 nitrogen and oxygen atoms in total. The highest BCUT2D eigenvalue weighted by Crippen LogP contribution is 2.34. The van der Waals surface area contributed by atoms with Crippen LogP contribution in [0.25, 0.3) is 0 Å². The smallest absolute Gasteiger partial charge is 0.253 e. The molecular weight excluding hydrogens is 320 g/mol. The van der Waals surface area contributed by atoms with Crippen LogP contribution in [0.3, 0.4) is 0 Å². The molecule has 0 unspecified atom stereocenters. The first-order valence-corrected chi connectivity index (χ1v) is 8.68. The Labute approximate surface area is 146 Å². The molecule has 132 valence electrons. The van der Waals surface area contributed by atoms with E-state index < -0.39 is 0 Å². The lowest BCUT2D eigenvalue weighted by Crippen LogP contribution is -2.42. The van der Waals surface area contributed by atoms with Gasteiger partial charge in [-0.15, -0.1) is 0 Å². The summed E-state index contributed by atoms with van der Waals surface area (Å²) in [6.45, 7) is 4.48. The third kappa shape index (κ3) is 3.72. The number of carbonyl (C=O) groups is 1. The molecule has 2 fully saturated rings. The van der Waals surface area contributed by atoms with Gasteiger partial charge in [0.15, 0.2) is 0 Å². The molecule has 4 rings (SSSR count). The van der Waals surface area contributed by atoms with Crippen LogP contribution in [-0.2, 0) is 16.1 Å². The molecule has 2 aromatic heterocycles. The minimum atomic E-state index is -0.385. The molecule has 1 N–H and O–H groups in total. The van der Waals surface area contributed by atoms with Gasteiger partial charge >= 0.3 is 0 Å². The zero-order chi connectivity index (χ0) is 17.2. The average molecular weight is 342 g/mol. The highest BCUT2D eigenvalue weighted by atomic mass is 16.5. The molecule has 2 aromatic rings. The summed E-state index contributed by atoms with van der Waals surface area (Å²) in [6.07, 6.45) is 4.87. The van der Waals surface area contributed by atoms with Gasteiger partial charge in [0.1, 0.15) is 11.9 Å². The fraction of sp³-hybridized carbons (Fsp3) is 0.500. The molecule has 1 amide bonds. The number of nitrogens with one attached hydrogen (secondary N) is 1. The van der Waals surface area contributed by atoms with Gasteiger partial charge in [-0.3, -0.25) is 14.7 Å². The number of aromatic nitrogens is 2. The van der Waals surface area contributed by atoms with Crippen molar-refractivity contribution < 1.29 is 14.1 Å². The van der Waals surface area contributed by atoms with E-state index in [9.17, 15) is 4.79 Å². The number of hydrogen-bond acceptors (Lipinski definition) is 6. The average Bonchev–Trinajstić information content (AvgIpc) is 3.21. The molecule has 2 aliphatic rings. The summed E-state index contributed by atoms with van der Waals surface area (Å²) in [6, 6.07) is 5.59. The number of hydrogen-bond donors (Lipinski definition) is 1. The Morgan fingerprint density at radius 1 is 1.48 bits per heavy atom. The third-order valence-corrected chi connectivity index (χ3v) is 4.92. The number of rotatable bonds is 4.